The molecule has 23 heavy (non-hydrogen) atoms. The van der Waals surface area contributed by atoms with Crippen molar-refractivity contribution in [2.45, 2.75) is 6.92 Å². The summed E-state index contributed by atoms with van der Waals surface area (Å²) < 4.78 is 0. The van der Waals surface area contributed by atoms with Gasteiger partial charge in [-0.3, -0.25) is 5.01 Å². The number of nitrogens with zero attached hydrogens (tertiary/aromatic N) is 3. The minimum atomic E-state index is 0.962. The Bertz CT molecular complexity index is 651. The molecule has 1 aliphatic rings. The quantitative estimate of drug-likeness (QED) is 0.800. The fraction of sp³-hybridized carbons (Fsp3) is 0.250. The third kappa shape index (κ3) is 4.46. The molecular formula is C20H23N3. The number of benzene rings is 2. The van der Waals surface area contributed by atoms with Crippen molar-refractivity contribution >= 4 is 18.0 Å². The molecule has 2 aromatic rings. The predicted octanol–water partition coefficient (Wildman–Crippen LogP) is 3.82. The van der Waals surface area contributed by atoms with Crippen molar-refractivity contribution in [1.29, 1.82) is 0 Å². The lowest BCUT2D eigenvalue weighted by Gasteiger charge is -2.34. The molecule has 0 unspecified atom stereocenters. The number of hydrazone groups is 1. The monoisotopic (exact) mass is 305 g/mol. The van der Waals surface area contributed by atoms with E-state index in [1.165, 1.54) is 16.8 Å². The average Bonchev–Trinajstić information content (AvgIpc) is 2.61. The third-order valence-electron chi connectivity index (χ3n) is 4.06. The molecule has 0 spiro atoms. The van der Waals surface area contributed by atoms with E-state index in [1.807, 2.05) is 30.5 Å². The number of rotatable bonds is 4. The summed E-state index contributed by atoms with van der Waals surface area (Å²) in [5.41, 5.74) is 3.81. The SMILES string of the molecule is Cc1ccc(N2CCN(N=C/C=C/c3ccccc3)CC2)cc1. The number of piperazine rings is 1. The first-order chi connectivity index (χ1) is 11.3. The van der Waals surface area contributed by atoms with Crippen LogP contribution < -0.4 is 4.90 Å². The minimum Gasteiger partial charge on any atom is -0.368 e. The van der Waals surface area contributed by atoms with Gasteiger partial charge >= 0.3 is 0 Å². The van der Waals surface area contributed by atoms with E-state index in [-0.39, 0.29) is 0 Å². The van der Waals surface area contributed by atoms with E-state index in [0.717, 1.165) is 26.2 Å². The summed E-state index contributed by atoms with van der Waals surface area (Å²) >= 11 is 0. The Morgan fingerprint density at radius 1 is 0.870 bits per heavy atom. The van der Waals surface area contributed by atoms with Gasteiger partial charge in [0.05, 0.1) is 13.1 Å². The van der Waals surface area contributed by atoms with Gasteiger partial charge in [0.15, 0.2) is 0 Å². The fourth-order valence-corrected chi connectivity index (χ4v) is 2.68. The summed E-state index contributed by atoms with van der Waals surface area (Å²) in [6, 6.07) is 19.0. The number of hydrogen-bond acceptors (Lipinski definition) is 3. The molecule has 0 N–H and O–H groups in total. The van der Waals surface area contributed by atoms with Crippen LogP contribution >= 0.6 is 0 Å². The Morgan fingerprint density at radius 2 is 1.57 bits per heavy atom. The zero-order valence-electron chi connectivity index (χ0n) is 13.6. The van der Waals surface area contributed by atoms with Crippen LogP contribution in [0, 0.1) is 6.92 Å². The standard InChI is InChI=1S/C20H23N3/c1-18-9-11-20(12-10-18)22-14-16-23(17-15-22)21-13-5-8-19-6-3-2-4-7-19/h2-13H,14-17H2,1H3/b8-5+,21-13?. The molecule has 3 heteroatoms. The minimum absolute atomic E-state index is 0.962. The maximum atomic E-state index is 4.54. The molecule has 1 aliphatic heterocycles. The lowest BCUT2D eigenvalue weighted by molar-refractivity contribution is 0.272. The molecule has 3 rings (SSSR count). The van der Waals surface area contributed by atoms with Crippen LogP contribution in [-0.2, 0) is 0 Å². The van der Waals surface area contributed by atoms with Crippen molar-refractivity contribution in [3.8, 4) is 0 Å². The van der Waals surface area contributed by atoms with Crippen molar-refractivity contribution in [3.63, 3.8) is 0 Å². The van der Waals surface area contributed by atoms with Gasteiger partial charge in [0.25, 0.3) is 0 Å². The van der Waals surface area contributed by atoms with E-state index < -0.39 is 0 Å². The first kappa shape index (κ1) is 15.3. The molecule has 0 saturated carbocycles. The average molecular weight is 305 g/mol. The van der Waals surface area contributed by atoms with Crippen LogP contribution in [0.3, 0.4) is 0 Å². The fourth-order valence-electron chi connectivity index (χ4n) is 2.68. The smallest absolute Gasteiger partial charge is 0.0536 e. The highest BCUT2D eigenvalue weighted by Crippen LogP contribution is 2.17. The zero-order valence-corrected chi connectivity index (χ0v) is 13.6. The first-order valence-corrected chi connectivity index (χ1v) is 8.13. The molecular weight excluding hydrogens is 282 g/mol. The predicted molar refractivity (Wildman–Crippen MR) is 98.9 cm³/mol. The van der Waals surface area contributed by atoms with Gasteiger partial charge in [-0.1, -0.05) is 54.1 Å². The molecule has 0 atom stereocenters. The molecule has 3 nitrogen and oxygen atoms in total. The Labute approximate surface area is 138 Å². The van der Waals surface area contributed by atoms with Crippen LogP contribution in [0.15, 0.2) is 65.8 Å². The van der Waals surface area contributed by atoms with Gasteiger partial charge in [-0.2, -0.15) is 5.10 Å². The van der Waals surface area contributed by atoms with Gasteiger partial charge in [0.1, 0.15) is 0 Å². The molecule has 0 bridgehead atoms. The van der Waals surface area contributed by atoms with Gasteiger partial charge in [-0.15, -0.1) is 0 Å². The summed E-state index contributed by atoms with van der Waals surface area (Å²) in [5.74, 6) is 0. The number of anilines is 1. The van der Waals surface area contributed by atoms with E-state index in [2.05, 4.69) is 64.4 Å². The first-order valence-electron chi connectivity index (χ1n) is 8.13. The second-order valence-electron chi connectivity index (χ2n) is 5.81. The van der Waals surface area contributed by atoms with Gasteiger partial charge in [-0.05, 0) is 30.7 Å². The lowest BCUT2D eigenvalue weighted by atomic mass is 10.2. The number of allylic oxidation sites excluding steroid dienone is 1. The largest absolute Gasteiger partial charge is 0.368 e. The lowest BCUT2D eigenvalue weighted by Crippen LogP contribution is -2.44. The maximum absolute atomic E-state index is 4.54. The van der Waals surface area contributed by atoms with E-state index in [9.17, 15) is 0 Å². The van der Waals surface area contributed by atoms with Crippen LogP contribution in [0.25, 0.3) is 6.08 Å². The van der Waals surface area contributed by atoms with Crippen molar-refractivity contribution in [1.82, 2.24) is 5.01 Å². The van der Waals surface area contributed by atoms with Crippen molar-refractivity contribution in [2.24, 2.45) is 5.10 Å². The molecule has 1 heterocycles. The Balaban J connectivity index is 1.48. The van der Waals surface area contributed by atoms with Crippen molar-refractivity contribution in [3.05, 3.63) is 71.8 Å². The third-order valence-corrected chi connectivity index (χ3v) is 4.06. The summed E-state index contributed by atoms with van der Waals surface area (Å²) in [6.07, 6.45) is 5.96. The topological polar surface area (TPSA) is 18.8 Å². The second-order valence-corrected chi connectivity index (χ2v) is 5.81. The van der Waals surface area contributed by atoms with Crippen LogP contribution in [-0.4, -0.2) is 37.4 Å². The molecule has 118 valence electrons. The Hall–Kier alpha value is -2.55. The zero-order chi connectivity index (χ0) is 15.9. The van der Waals surface area contributed by atoms with Gasteiger partial charge in [0.2, 0.25) is 0 Å². The van der Waals surface area contributed by atoms with E-state index in [1.54, 1.807) is 0 Å². The molecule has 0 aliphatic carbocycles. The summed E-state index contributed by atoms with van der Waals surface area (Å²) in [5, 5.41) is 6.67. The van der Waals surface area contributed by atoms with E-state index >= 15 is 0 Å². The highest BCUT2D eigenvalue weighted by molar-refractivity contribution is 5.77. The van der Waals surface area contributed by atoms with Crippen LogP contribution in [0.4, 0.5) is 5.69 Å². The number of aryl methyl sites for hydroxylation is 1. The molecule has 0 radical (unpaired) electrons. The summed E-state index contributed by atoms with van der Waals surface area (Å²) in [6.45, 7) is 6.08. The van der Waals surface area contributed by atoms with Crippen LogP contribution in [0.1, 0.15) is 11.1 Å². The Morgan fingerprint density at radius 3 is 2.26 bits per heavy atom. The molecule has 2 aromatic carbocycles. The van der Waals surface area contributed by atoms with E-state index in [4.69, 9.17) is 0 Å². The van der Waals surface area contributed by atoms with E-state index in [0.29, 0.717) is 0 Å². The van der Waals surface area contributed by atoms with Crippen LogP contribution in [0.5, 0.6) is 0 Å². The molecule has 1 saturated heterocycles. The highest BCUT2D eigenvalue weighted by atomic mass is 15.5. The van der Waals surface area contributed by atoms with Gasteiger partial charge in [-0.25, -0.2) is 0 Å². The number of hydrogen-bond donors (Lipinski definition) is 0. The summed E-state index contributed by atoms with van der Waals surface area (Å²) in [7, 11) is 0. The maximum Gasteiger partial charge on any atom is 0.0536 e. The normalized spacial score (nSPS) is 15.7. The summed E-state index contributed by atoms with van der Waals surface area (Å²) in [4.78, 5) is 2.42. The molecule has 0 amide bonds. The Kier molecular flexibility index (Phi) is 5.09. The van der Waals surface area contributed by atoms with Crippen molar-refractivity contribution < 1.29 is 0 Å². The molecule has 1 fully saturated rings. The van der Waals surface area contributed by atoms with Crippen LogP contribution in [0.2, 0.25) is 0 Å². The molecule has 0 aromatic heterocycles. The highest BCUT2D eigenvalue weighted by Gasteiger charge is 2.15. The van der Waals surface area contributed by atoms with Gasteiger partial charge in [0, 0.05) is 25.0 Å². The van der Waals surface area contributed by atoms with Gasteiger partial charge < -0.3 is 4.90 Å². The van der Waals surface area contributed by atoms with Crippen molar-refractivity contribution in [2.75, 3.05) is 31.1 Å². The second kappa shape index (κ2) is 7.63.